The fourth-order valence-electron chi connectivity index (χ4n) is 0.465. The first kappa shape index (κ1) is 18.3. The zero-order valence-electron chi connectivity index (χ0n) is 10.2. The minimum Gasteiger partial charge on any atom is -0.465 e. The molecule has 0 unspecified atom stereocenters. The average Bonchev–Trinajstić information content (AvgIpc) is 2.10. The molecule has 0 aliphatic carbocycles. The van der Waals surface area contributed by atoms with Gasteiger partial charge in [0.05, 0.1) is 13.2 Å². The molecule has 0 radical (unpaired) electrons. The maximum Gasteiger partial charge on any atom is 0.320 e. The van der Waals surface area contributed by atoms with Crippen LogP contribution in [-0.4, -0.2) is 38.1 Å². The maximum atomic E-state index is 10.6. The fraction of sp³-hybridized carbons (Fsp3) is 0.900. The smallest absolute Gasteiger partial charge is 0.320 e. The first-order valence-electron chi connectivity index (χ1n) is 4.97. The van der Waals surface area contributed by atoms with E-state index >= 15 is 0 Å². The number of ether oxygens (including phenoxy) is 1. The van der Waals surface area contributed by atoms with Gasteiger partial charge in [-0.25, -0.2) is 0 Å². The molecule has 0 rings (SSSR count). The Morgan fingerprint density at radius 1 is 1.15 bits per heavy atom. The van der Waals surface area contributed by atoms with Gasteiger partial charge in [-0.05, 0) is 21.0 Å². The quantitative estimate of drug-likeness (QED) is 0.640. The highest BCUT2D eigenvalue weighted by atomic mass is 16.5. The molecule has 0 aliphatic rings. The number of nitrogens with zero attached hydrogens (tertiary/aromatic N) is 1. The van der Waals surface area contributed by atoms with Crippen LogP contribution in [0.2, 0.25) is 0 Å². The Kier molecular flexibility index (Phi) is 24.6. The van der Waals surface area contributed by atoms with E-state index in [2.05, 4.69) is 4.74 Å². The molecule has 13 heavy (non-hydrogen) atoms. The fourth-order valence-corrected chi connectivity index (χ4v) is 0.465. The van der Waals surface area contributed by atoms with Crippen LogP contribution in [0.15, 0.2) is 0 Å². The topological polar surface area (TPSA) is 29.5 Å². The largest absolute Gasteiger partial charge is 0.465 e. The molecule has 0 saturated carbocycles. The minimum atomic E-state index is -0.164. The van der Waals surface area contributed by atoms with Gasteiger partial charge in [-0.3, -0.25) is 9.69 Å². The summed E-state index contributed by atoms with van der Waals surface area (Å²) in [7, 11) is 3.66. The van der Waals surface area contributed by atoms with Gasteiger partial charge in [0.15, 0.2) is 0 Å². The third-order valence-corrected chi connectivity index (χ3v) is 0.751. The van der Waals surface area contributed by atoms with E-state index in [0.29, 0.717) is 13.2 Å². The molecule has 0 aromatic heterocycles. The predicted octanol–water partition coefficient (Wildman–Crippen LogP) is 2.16. The Hall–Kier alpha value is -0.570. The molecule has 0 spiro atoms. The summed E-state index contributed by atoms with van der Waals surface area (Å²) in [5, 5.41) is 0. The van der Waals surface area contributed by atoms with Gasteiger partial charge in [0.2, 0.25) is 0 Å². The Morgan fingerprint density at radius 2 is 1.54 bits per heavy atom. The van der Waals surface area contributed by atoms with Crippen LogP contribution < -0.4 is 0 Å². The van der Waals surface area contributed by atoms with Gasteiger partial charge in [0, 0.05) is 0 Å². The van der Waals surface area contributed by atoms with Crippen LogP contribution in [0.4, 0.5) is 0 Å². The molecule has 0 N–H and O–H groups in total. The molecule has 0 amide bonds. The highest BCUT2D eigenvalue weighted by Gasteiger charge is 2.00. The SMILES string of the molecule is CC.CC.CCOC(=O)CN(C)C. The Morgan fingerprint density at radius 3 is 1.77 bits per heavy atom. The molecule has 82 valence electrons. The van der Waals surface area contributed by atoms with Crippen LogP contribution in [-0.2, 0) is 9.53 Å². The Balaban J connectivity index is -0.000000218. The predicted molar refractivity (Wildman–Crippen MR) is 57.9 cm³/mol. The van der Waals surface area contributed by atoms with Crippen molar-refractivity contribution in [2.75, 3.05) is 27.2 Å². The summed E-state index contributed by atoms with van der Waals surface area (Å²) in [6.07, 6.45) is 0. The van der Waals surface area contributed by atoms with Crippen LogP contribution in [0.3, 0.4) is 0 Å². The van der Waals surface area contributed by atoms with Crippen LogP contribution in [0.1, 0.15) is 34.6 Å². The second-order valence-electron chi connectivity index (χ2n) is 2.04. The van der Waals surface area contributed by atoms with Crippen molar-refractivity contribution >= 4 is 5.97 Å². The lowest BCUT2D eigenvalue weighted by Gasteiger charge is -2.06. The number of carbonyl (C=O) groups excluding carboxylic acids is 1. The molecule has 3 heteroatoms. The minimum absolute atomic E-state index is 0.164. The molecule has 0 aromatic rings. The van der Waals surface area contributed by atoms with E-state index in [0.717, 1.165) is 0 Å². The highest BCUT2D eigenvalue weighted by molar-refractivity contribution is 5.71. The lowest BCUT2D eigenvalue weighted by molar-refractivity contribution is -0.143. The molecular formula is C10H25NO2. The molecule has 0 fully saturated rings. The van der Waals surface area contributed by atoms with E-state index < -0.39 is 0 Å². The third-order valence-electron chi connectivity index (χ3n) is 0.751. The van der Waals surface area contributed by atoms with Gasteiger partial charge in [-0.2, -0.15) is 0 Å². The Labute approximate surface area is 83.1 Å². The summed E-state index contributed by atoms with van der Waals surface area (Å²) in [6.45, 7) is 10.6. The number of hydrogen-bond donors (Lipinski definition) is 0. The van der Waals surface area contributed by atoms with E-state index in [1.807, 2.05) is 41.8 Å². The van der Waals surface area contributed by atoms with Crippen molar-refractivity contribution in [2.45, 2.75) is 34.6 Å². The molecule has 0 bridgehead atoms. The van der Waals surface area contributed by atoms with Gasteiger partial charge < -0.3 is 4.74 Å². The van der Waals surface area contributed by atoms with E-state index in [-0.39, 0.29) is 5.97 Å². The number of carbonyl (C=O) groups is 1. The highest BCUT2D eigenvalue weighted by Crippen LogP contribution is 1.79. The zero-order chi connectivity index (χ0) is 11.3. The molecule has 0 saturated heterocycles. The van der Waals surface area contributed by atoms with Crippen molar-refractivity contribution in [3.8, 4) is 0 Å². The molecule has 0 aromatic carbocycles. The van der Waals surface area contributed by atoms with Gasteiger partial charge in [-0.1, -0.05) is 27.7 Å². The van der Waals surface area contributed by atoms with E-state index in [9.17, 15) is 4.79 Å². The first-order chi connectivity index (χ1) is 6.16. The van der Waals surface area contributed by atoms with Crippen LogP contribution in [0.5, 0.6) is 0 Å². The number of esters is 1. The summed E-state index contributed by atoms with van der Waals surface area (Å²) < 4.78 is 4.67. The summed E-state index contributed by atoms with van der Waals surface area (Å²) in [5.74, 6) is -0.164. The summed E-state index contributed by atoms with van der Waals surface area (Å²) in [6, 6.07) is 0. The van der Waals surface area contributed by atoms with Gasteiger partial charge in [0.1, 0.15) is 0 Å². The normalized spacial score (nSPS) is 7.69. The van der Waals surface area contributed by atoms with Gasteiger partial charge in [-0.15, -0.1) is 0 Å². The first-order valence-corrected chi connectivity index (χ1v) is 4.97. The van der Waals surface area contributed by atoms with Crippen molar-refractivity contribution in [3.63, 3.8) is 0 Å². The summed E-state index contributed by atoms with van der Waals surface area (Å²) in [5.41, 5.74) is 0. The van der Waals surface area contributed by atoms with Crippen molar-refractivity contribution < 1.29 is 9.53 Å². The zero-order valence-corrected chi connectivity index (χ0v) is 10.2. The monoisotopic (exact) mass is 191 g/mol. The lowest BCUT2D eigenvalue weighted by atomic mass is 10.6. The van der Waals surface area contributed by atoms with Crippen molar-refractivity contribution in [3.05, 3.63) is 0 Å². The maximum absolute atomic E-state index is 10.6. The number of likely N-dealkylation sites (N-methyl/N-ethyl adjacent to an activating group) is 1. The van der Waals surface area contributed by atoms with E-state index in [1.165, 1.54) is 0 Å². The summed E-state index contributed by atoms with van der Waals surface area (Å²) in [4.78, 5) is 12.4. The van der Waals surface area contributed by atoms with E-state index in [1.54, 1.807) is 11.8 Å². The van der Waals surface area contributed by atoms with Gasteiger partial charge >= 0.3 is 5.97 Å². The second kappa shape index (κ2) is 17.5. The molecule has 3 nitrogen and oxygen atoms in total. The molecule has 0 heterocycles. The van der Waals surface area contributed by atoms with E-state index in [4.69, 9.17) is 0 Å². The number of rotatable bonds is 3. The molecule has 0 atom stereocenters. The average molecular weight is 191 g/mol. The van der Waals surface area contributed by atoms with Gasteiger partial charge in [0.25, 0.3) is 0 Å². The molecule has 0 aliphatic heterocycles. The number of hydrogen-bond acceptors (Lipinski definition) is 3. The van der Waals surface area contributed by atoms with Crippen molar-refractivity contribution in [1.82, 2.24) is 4.90 Å². The standard InChI is InChI=1S/C6H13NO2.2C2H6/c1-4-9-6(8)5-7(2)3;2*1-2/h4-5H2,1-3H3;2*1-2H3. The third kappa shape index (κ3) is 24.6. The van der Waals surface area contributed by atoms with Crippen molar-refractivity contribution in [1.29, 1.82) is 0 Å². The lowest BCUT2D eigenvalue weighted by Crippen LogP contribution is -2.23. The van der Waals surface area contributed by atoms with Crippen LogP contribution in [0, 0.1) is 0 Å². The Bertz CT molecular complexity index is 92.9. The summed E-state index contributed by atoms with van der Waals surface area (Å²) >= 11 is 0. The van der Waals surface area contributed by atoms with Crippen LogP contribution in [0.25, 0.3) is 0 Å². The van der Waals surface area contributed by atoms with Crippen LogP contribution >= 0.6 is 0 Å². The van der Waals surface area contributed by atoms with Crippen molar-refractivity contribution in [2.24, 2.45) is 0 Å². The second-order valence-corrected chi connectivity index (χ2v) is 2.04. The molecular weight excluding hydrogens is 166 g/mol.